The predicted molar refractivity (Wildman–Crippen MR) is 164 cm³/mol. The molecule has 0 unspecified atom stereocenters. The topological polar surface area (TPSA) is 79.9 Å². The number of benzene rings is 4. The van der Waals surface area contributed by atoms with Crippen LogP contribution in [0, 0.1) is 12.7 Å². The average molecular weight is 588 g/mol. The Kier molecular flexibility index (Phi) is 7.84. The van der Waals surface area contributed by atoms with E-state index < -0.39 is 11.5 Å². The molecule has 0 aromatic heterocycles. The van der Waals surface area contributed by atoms with Gasteiger partial charge in [-0.3, -0.25) is 4.79 Å². The molecule has 5 rings (SSSR count). The lowest BCUT2D eigenvalue weighted by Gasteiger charge is -2.40. The largest absolute Gasteiger partial charge is 0.496 e. The van der Waals surface area contributed by atoms with Crippen LogP contribution >= 0.6 is 11.6 Å². The number of methoxy groups -OCH3 is 1. The summed E-state index contributed by atoms with van der Waals surface area (Å²) in [5.74, 6) is -0.292. The first-order chi connectivity index (χ1) is 20.0. The SMILES string of the molecule is COc1cc(OC(=O)c2ccccc2Cl)ccc1-c1ccc2c(c1CNc1cc(F)ccc1C)N(C)C(=O)C(C)(C)N2. The minimum atomic E-state index is -0.794. The van der Waals surface area contributed by atoms with Crippen molar-refractivity contribution in [2.24, 2.45) is 0 Å². The maximum Gasteiger partial charge on any atom is 0.345 e. The van der Waals surface area contributed by atoms with Crippen molar-refractivity contribution < 1.29 is 23.5 Å². The summed E-state index contributed by atoms with van der Waals surface area (Å²) in [5.41, 5.74) is 4.79. The van der Waals surface area contributed by atoms with Gasteiger partial charge < -0.3 is 25.0 Å². The molecule has 4 aromatic carbocycles. The number of ether oxygens (including phenoxy) is 2. The molecule has 1 amide bonds. The third-order valence-electron chi connectivity index (χ3n) is 7.33. The van der Waals surface area contributed by atoms with Gasteiger partial charge in [0.05, 0.1) is 29.1 Å². The van der Waals surface area contributed by atoms with Crippen molar-refractivity contribution in [2.45, 2.75) is 32.9 Å². The number of aryl methyl sites for hydroxylation is 1. The van der Waals surface area contributed by atoms with E-state index in [-0.39, 0.29) is 29.6 Å². The van der Waals surface area contributed by atoms with Crippen molar-refractivity contribution in [3.63, 3.8) is 0 Å². The van der Waals surface area contributed by atoms with Crippen LogP contribution in [0.2, 0.25) is 5.02 Å². The number of anilines is 3. The number of rotatable bonds is 7. The van der Waals surface area contributed by atoms with Crippen molar-refractivity contribution in [1.29, 1.82) is 0 Å². The van der Waals surface area contributed by atoms with Crippen LogP contribution in [0.25, 0.3) is 11.1 Å². The van der Waals surface area contributed by atoms with Gasteiger partial charge in [0.2, 0.25) is 0 Å². The number of hydrogen-bond donors (Lipinski definition) is 2. The molecule has 0 spiro atoms. The van der Waals surface area contributed by atoms with E-state index in [1.54, 1.807) is 60.5 Å². The summed E-state index contributed by atoms with van der Waals surface area (Å²) >= 11 is 6.17. The van der Waals surface area contributed by atoms with Crippen molar-refractivity contribution in [2.75, 3.05) is 29.7 Å². The summed E-state index contributed by atoms with van der Waals surface area (Å²) in [6, 6.07) is 20.2. The highest BCUT2D eigenvalue weighted by atomic mass is 35.5. The van der Waals surface area contributed by atoms with Crippen molar-refractivity contribution in [1.82, 2.24) is 0 Å². The molecule has 9 heteroatoms. The summed E-state index contributed by atoms with van der Waals surface area (Å²) in [6.07, 6.45) is 0. The quantitative estimate of drug-likeness (QED) is 0.173. The van der Waals surface area contributed by atoms with Crippen LogP contribution in [-0.4, -0.2) is 31.6 Å². The van der Waals surface area contributed by atoms with Crippen molar-refractivity contribution in [3.05, 3.63) is 100 Å². The van der Waals surface area contributed by atoms with Crippen LogP contribution in [0.1, 0.15) is 35.3 Å². The van der Waals surface area contributed by atoms with Gasteiger partial charge in [0, 0.05) is 36.5 Å². The number of halogens is 2. The Balaban J connectivity index is 1.58. The molecule has 1 aliphatic heterocycles. The number of fused-ring (bicyclic) bond motifs is 1. The maximum atomic E-state index is 14.1. The number of nitrogens with zero attached hydrogens (tertiary/aromatic N) is 1. The van der Waals surface area contributed by atoms with Crippen molar-refractivity contribution in [3.8, 4) is 22.6 Å². The molecule has 0 saturated heterocycles. The molecule has 0 aliphatic carbocycles. The molecular weight excluding hydrogens is 557 g/mol. The smallest absolute Gasteiger partial charge is 0.345 e. The Morgan fingerprint density at radius 1 is 1.05 bits per heavy atom. The van der Waals surface area contributed by atoms with Crippen LogP contribution in [0.3, 0.4) is 0 Å². The molecule has 1 aliphatic rings. The molecule has 42 heavy (non-hydrogen) atoms. The van der Waals surface area contributed by atoms with Gasteiger partial charge in [-0.25, -0.2) is 9.18 Å². The molecule has 216 valence electrons. The van der Waals surface area contributed by atoms with E-state index in [9.17, 15) is 14.0 Å². The number of nitrogens with one attached hydrogen (secondary N) is 2. The minimum Gasteiger partial charge on any atom is -0.496 e. The normalized spacial score (nSPS) is 13.7. The van der Waals surface area contributed by atoms with Crippen LogP contribution in [-0.2, 0) is 11.3 Å². The number of carbonyl (C=O) groups excluding carboxylic acids is 2. The second-order valence-corrected chi connectivity index (χ2v) is 11.1. The summed E-state index contributed by atoms with van der Waals surface area (Å²) in [5, 5.41) is 7.00. The molecule has 7 nitrogen and oxygen atoms in total. The van der Waals surface area contributed by atoms with Gasteiger partial charge in [0.25, 0.3) is 5.91 Å². The van der Waals surface area contributed by atoms with Gasteiger partial charge in [0.1, 0.15) is 22.9 Å². The summed E-state index contributed by atoms with van der Waals surface area (Å²) in [7, 11) is 3.28. The fraction of sp³-hybridized carbons (Fsp3) is 0.212. The molecule has 0 bridgehead atoms. The van der Waals surface area contributed by atoms with E-state index in [1.165, 1.54) is 19.2 Å². The number of carbonyl (C=O) groups is 2. The van der Waals surface area contributed by atoms with E-state index in [0.29, 0.717) is 22.1 Å². The zero-order valence-corrected chi connectivity index (χ0v) is 24.7. The van der Waals surface area contributed by atoms with Gasteiger partial charge >= 0.3 is 5.97 Å². The molecule has 1 heterocycles. The highest BCUT2D eigenvalue weighted by molar-refractivity contribution is 6.33. The zero-order chi connectivity index (χ0) is 30.2. The molecule has 0 atom stereocenters. The Morgan fingerprint density at radius 2 is 1.79 bits per heavy atom. The lowest BCUT2D eigenvalue weighted by Crippen LogP contribution is -2.52. The molecular formula is C33H31ClFN3O4. The first-order valence-corrected chi connectivity index (χ1v) is 13.8. The van der Waals surface area contributed by atoms with Crippen molar-refractivity contribution >= 4 is 40.5 Å². The Morgan fingerprint density at radius 3 is 2.52 bits per heavy atom. The first-order valence-electron chi connectivity index (χ1n) is 13.4. The second-order valence-electron chi connectivity index (χ2n) is 10.6. The minimum absolute atomic E-state index is 0.0934. The highest BCUT2D eigenvalue weighted by Crippen LogP contribution is 2.45. The molecule has 2 N–H and O–H groups in total. The Labute approximate surface area is 249 Å². The molecule has 0 fully saturated rings. The Hall–Kier alpha value is -4.56. The third-order valence-corrected chi connectivity index (χ3v) is 7.66. The number of hydrogen-bond acceptors (Lipinski definition) is 6. The van der Waals surface area contributed by atoms with E-state index in [4.69, 9.17) is 21.1 Å². The van der Waals surface area contributed by atoms with E-state index in [2.05, 4.69) is 10.6 Å². The lowest BCUT2D eigenvalue weighted by molar-refractivity contribution is -0.121. The molecule has 0 saturated carbocycles. The lowest BCUT2D eigenvalue weighted by atomic mass is 9.91. The van der Waals surface area contributed by atoms with Crippen LogP contribution in [0.15, 0.2) is 72.8 Å². The summed E-state index contributed by atoms with van der Waals surface area (Å²) < 4.78 is 25.4. The van der Waals surface area contributed by atoms with Crippen LogP contribution < -0.4 is 25.0 Å². The highest BCUT2D eigenvalue weighted by Gasteiger charge is 2.38. The van der Waals surface area contributed by atoms with E-state index >= 15 is 0 Å². The summed E-state index contributed by atoms with van der Waals surface area (Å²) in [4.78, 5) is 27.7. The molecule has 4 aromatic rings. The van der Waals surface area contributed by atoms with E-state index in [1.807, 2.05) is 32.9 Å². The zero-order valence-electron chi connectivity index (χ0n) is 24.0. The third kappa shape index (κ3) is 5.50. The summed E-state index contributed by atoms with van der Waals surface area (Å²) in [6.45, 7) is 5.86. The fourth-order valence-corrected chi connectivity index (χ4v) is 5.39. The second kappa shape index (κ2) is 11.4. The average Bonchev–Trinajstić information content (AvgIpc) is 2.96. The number of amides is 1. The standard InChI is InChI=1S/C33H31ClFN3O4/c1-19-10-11-20(35)16-28(19)36-18-25-22(14-15-27-30(25)38(4)32(40)33(2,3)37-27)23-13-12-21(17-29(23)41-5)42-31(39)24-8-6-7-9-26(24)34/h6-17,36-37H,18H2,1-5H3. The van der Waals surface area contributed by atoms with Gasteiger partial charge in [-0.05, 0) is 74.4 Å². The van der Waals surface area contributed by atoms with Crippen LogP contribution in [0.4, 0.5) is 21.5 Å². The monoisotopic (exact) mass is 587 g/mol. The fourth-order valence-electron chi connectivity index (χ4n) is 5.18. The van der Waals surface area contributed by atoms with Gasteiger partial charge in [-0.1, -0.05) is 35.9 Å². The Bertz CT molecular complexity index is 1710. The van der Waals surface area contributed by atoms with Gasteiger partial charge in [-0.2, -0.15) is 0 Å². The van der Waals surface area contributed by atoms with Crippen LogP contribution in [0.5, 0.6) is 11.5 Å². The molecule has 0 radical (unpaired) electrons. The van der Waals surface area contributed by atoms with E-state index in [0.717, 1.165) is 27.9 Å². The maximum absolute atomic E-state index is 14.1. The van der Waals surface area contributed by atoms with Gasteiger partial charge in [0.15, 0.2) is 0 Å². The number of esters is 1. The van der Waals surface area contributed by atoms with Gasteiger partial charge in [-0.15, -0.1) is 0 Å². The first kappa shape index (κ1) is 29.0. The predicted octanol–water partition coefficient (Wildman–Crippen LogP) is 7.46. The number of likely N-dealkylation sites (N-methyl/N-ethyl adjacent to an activating group) is 1.